The van der Waals surface area contributed by atoms with E-state index in [9.17, 15) is 4.39 Å². The van der Waals surface area contributed by atoms with E-state index in [1.807, 2.05) is 6.07 Å². The second kappa shape index (κ2) is 4.98. The van der Waals surface area contributed by atoms with E-state index in [0.29, 0.717) is 16.5 Å². The highest BCUT2D eigenvalue weighted by Crippen LogP contribution is 2.33. The molecule has 0 radical (unpaired) electrons. The van der Waals surface area contributed by atoms with Crippen molar-refractivity contribution < 1.29 is 4.39 Å². The van der Waals surface area contributed by atoms with E-state index in [4.69, 9.17) is 5.73 Å². The van der Waals surface area contributed by atoms with Crippen LogP contribution in [-0.4, -0.2) is 11.5 Å². The summed E-state index contributed by atoms with van der Waals surface area (Å²) in [5.41, 5.74) is 9.33. The van der Waals surface area contributed by atoms with Crippen LogP contribution < -0.4 is 10.6 Å². The van der Waals surface area contributed by atoms with Gasteiger partial charge in [0.15, 0.2) is 0 Å². The lowest BCUT2D eigenvalue weighted by atomic mass is 9.99. The van der Waals surface area contributed by atoms with Crippen LogP contribution in [0.15, 0.2) is 48.7 Å². The molecule has 1 aromatic heterocycles. The Morgan fingerprint density at radius 2 is 1.86 bits per heavy atom. The van der Waals surface area contributed by atoms with E-state index >= 15 is 0 Å². The molecule has 1 aliphatic rings. The van der Waals surface area contributed by atoms with Gasteiger partial charge in [0.2, 0.25) is 0 Å². The maximum Gasteiger partial charge on any atom is 0.138 e. The monoisotopic (exact) mass is 293 g/mol. The van der Waals surface area contributed by atoms with Gasteiger partial charge in [0, 0.05) is 30.4 Å². The minimum atomic E-state index is -0.259. The molecule has 0 bridgehead atoms. The number of aromatic nitrogens is 1. The molecule has 0 saturated heterocycles. The van der Waals surface area contributed by atoms with E-state index in [1.54, 1.807) is 18.3 Å². The molecule has 3 aromatic rings. The van der Waals surface area contributed by atoms with Crippen molar-refractivity contribution in [1.29, 1.82) is 0 Å². The summed E-state index contributed by atoms with van der Waals surface area (Å²) >= 11 is 0. The van der Waals surface area contributed by atoms with Gasteiger partial charge in [-0.2, -0.15) is 0 Å². The smallest absolute Gasteiger partial charge is 0.138 e. The Bertz CT molecular complexity index is 860. The highest BCUT2D eigenvalue weighted by Gasteiger charge is 2.20. The number of anilines is 2. The van der Waals surface area contributed by atoms with Crippen molar-refractivity contribution in [2.75, 3.05) is 17.2 Å². The molecule has 0 unspecified atom stereocenters. The molecule has 110 valence electrons. The number of nitrogens with two attached hydrogens (primary N) is 1. The van der Waals surface area contributed by atoms with Gasteiger partial charge in [-0.25, -0.2) is 9.37 Å². The zero-order chi connectivity index (χ0) is 15.1. The van der Waals surface area contributed by atoms with Crippen molar-refractivity contribution in [2.24, 2.45) is 0 Å². The van der Waals surface area contributed by atoms with Crippen LogP contribution in [0.25, 0.3) is 10.8 Å². The van der Waals surface area contributed by atoms with Gasteiger partial charge in [0.25, 0.3) is 0 Å². The molecule has 0 spiro atoms. The lowest BCUT2D eigenvalue weighted by Crippen LogP contribution is -2.31. The second-order valence-electron chi connectivity index (χ2n) is 5.63. The number of nitrogens with zero attached hydrogens (tertiary/aromatic N) is 2. The largest absolute Gasteiger partial charge is 0.398 e. The first-order valence-corrected chi connectivity index (χ1v) is 7.38. The normalized spacial score (nSPS) is 14.1. The molecule has 22 heavy (non-hydrogen) atoms. The number of fused-ring (bicyclic) bond motifs is 2. The third-order valence-electron chi connectivity index (χ3n) is 4.32. The molecular formula is C18H16FN3. The van der Waals surface area contributed by atoms with E-state index in [2.05, 4.69) is 28.1 Å². The maximum absolute atomic E-state index is 14.1. The standard InChI is InChI=1S/C18H16FN3/c19-15-5-6-16(20)17-14(15)7-9-21-18(17)22-10-8-12-3-1-2-4-13(12)11-22/h1-7,9H,8,10-11,20H2. The summed E-state index contributed by atoms with van der Waals surface area (Å²) < 4.78 is 14.1. The Balaban J connectivity index is 1.84. The van der Waals surface area contributed by atoms with Gasteiger partial charge in [0.1, 0.15) is 11.6 Å². The van der Waals surface area contributed by atoms with Crippen LogP contribution in [0.4, 0.5) is 15.9 Å². The highest BCUT2D eigenvalue weighted by molar-refractivity contribution is 6.01. The predicted molar refractivity (Wildman–Crippen MR) is 87.3 cm³/mol. The van der Waals surface area contributed by atoms with Crippen molar-refractivity contribution in [3.05, 3.63) is 65.6 Å². The van der Waals surface area contributed by atoms with E-state index in [-0.39, 0.29) is 5.82 Å². The molecule has 0 amide bonds. The van der Waals surface area contributed by atoms with Crippen molar-refractivity contribution in [3.8, 4) is 0 Å². The van der Waals surface area contributed by atoms with Gasteiger partial charge in [-0.15, -0.1) is 0 Å². The maximum atomic E-state index is 14.1. The number of nitrogen functional groups attached to an aromatic ring is 1. The third-order valence-corrected chi connectivity index (χ3v) is 4.32. The number of pyridine rings is 1. The molecule has 2 N–H and O–H groups in total. The van der Waals surface area contributed by atoms with Crippen LogP contribution in [0, 0.1) is 5.82 Å². The Labute approximate surface area is 128 Å². The summed E-state index contributed by atoms with van der Waals surface area (Å²) in [6.45, 7) is 1.64. The van der Waals surface area contributed by atoms with E-state index in [1.165, 1.54) is 17.2 Å². The summed E-state index contributed by atoms with van der Waals surface area (Å²) in [5.74, 6) is 0.509. The summed E-state index contributed by atoms with van der Waals surface area (Å²) in [5, 5.41) is 1.24. The molecule has 1 aliphatic heterocycles. The van der Waals surface area contributed by atoms with Crippen LogP contribution in [0.1, 0.15) is 11.1 Å². The summed E-state index contributed by atoms with van der Waals surface area (Å²) in [4.78, 5) is 6.67. The molecule has 4 heteroatoms. The molecule has 0 aliphatic carbocycles. The van der Waals surface area contributed by atoms with E-state index in [0.717, 1.165) is 25.3 Å². The number of halogens is 1. The molecule has 0 atom stereocenters. The fourth-order valence-corrected chi connectivity index (χ4v) is 3.19. The van der Waals surface area contributed by atoms with Crippen LogP contribution in [0.3, 0.4) is 0 Å². The molecule has 4 rings (SSSR count). The topological polar surface area (TPSA) is 42.1 Å². The summed E-state index contributed by atoms with van der Waals surface area (Å²) in [7, 11) is 0. The molecule has 2 aromatic carbocycles. The summed E-state index contributed by atoms with van der Waals surface area (Å²) in [6.07, 6.45) is 2.62. The van der Waals surface area contributed by atoms with Gasteiger partial charge in [-0.1, -0.05) is 24.3 Å². The van der Waals surface area contributed by atoms with Crippen molar-refractivity contribution >= 4 is 22.3 Å². The highest BCUT2D eigenvalue weighted by atomic mass is 19.1. The number of hydrogen-bond donors (Lipinski definition) is 1. The van der Waals surface area contributed by atoms with E-state index < -0.39 is 0 Å². The Morgan fingerprint density at radius 3 is 2.73 bits per heavy atom. The minimum Gasteiger partial charge on any atom is -0.398 e. The number of rotatable bonds is 1. The average molecular weight is 293 g/mol. The summed E-state index contributed by atoms with van der Waals surface area (Å²) in [6, 6.07) is 13.1. The van der Waals surface area contributed by atoms with Crippen molar-refractivity contribution in [2.45, 2.75) is 13.0 Å². The lowest BCUT2D eigenvalue weighted by Gasteiger charge is -2.30. The van der Waals surface area contributed by atoms with Gasteiger partial charge < -0.3 is 10.6 Å². The van der Waals surface area contributed by atoms with Gasteiger partial charge in [-0.3, -0.25) is 0 Å². The molecule has 0 saturated carbocycles. The van der Waals surface area contributed by atoms with Crippen LogP contribution in [-0.2, 0) is 13.0 Å². The molecular weight excluding hydrogens is 277 g/mol. The average Bonchev–Trinajstić information content (AvgIpc) is 2.57. The van der Waals surface area contributed by atoms with Gasteiger partial charge in [0.05, 0.1) is 5.39 Å². The lowest BCUT2D eigenvalue weighted by molar-refractivity contribution is 0.639. The number of hydrogen-bond acceptors (Lipinski definition) is 3. The fraction of sp³-hybridized carbons (Fsp3) is 0.167. The Kier molecular flexibility index (Phi) is 2.96. The van der Waals surface area contributed by atoms with Crippen molar-refractivity contribution in [1.82, 2.24) is 4.98 Å². The van der Waals surface area contributed by atoms with Gasteiger partial charge in [-0.05, 0) is 35.7 Å². The van der Waals surface area contributed by atoms with Crippen LogP contribution >= 0.6 is 0 Å². The quantitative estimate of drug-likeness (QED) is 0.698. The Hall–Kier alpha value is -2.62. The molecule has 3 nitrogen and oxygen atoms in total. The zero-order valence-electron chi connectivity index (χ0n) is 12.1. The molecule has 2 heterocycles. The SMILES string of the molecule is Nc1ccc(F)c2ccnc(N3CCc4ccccc4C3)c12. The number of benzene rings is 2. The first-order valence-electron chi connectivity index (χ1n) is 7.38. The van der Waals surface area contributed by atoms with Crippen LogP contribution in [0.5, 0.6) is 0 Å². The van der Waals surface area contributed by atoms with Gasteiger partial charge >= 0.3 is 0 Å². The predicted octanol–water partition coefficient (Wildman–Crippen LogP) is 3.52. The second-order valence-corrected chi connectivity index (χ2v) is 5.63. The fourth-order valence-electron chi connectivity index (χ4n) is 3.19. The first-order chi connectivity index (χ1) is 10.7. The third kappa shape index (κ3) is 1.99. The zero-order valence-corrected chi connectivity index (χ0v) is 12.1. The Morgan fingerprint density at radius 1 is 1.05 bits per heavy atom. The minimum absolute atomic E-state index is 0.259. The molecule has 0 fully saturated rings. The van der Waals surface area contributed by atoms with Crippen molar-refractivity contribution in [3.63, 3.8) is 0 Å². The first kappa shape index (κ1) is 13.1. The van der Waals surface area contributed by atoms with Crippen LogP contribution in [0.2, 0.25) is 0 Å².